The molecule has 0 radical (unpaired) electrons. The Labute approximate surface area is 182 Å². The zero-order chi connectivity index (χ0) is 20.2. The number of piperidine rings is 1. The van der Waals surface area contributed by atoms with Gasteiger partial charge in [-0.2, -0.15) is 0 Å². The van der Waals surface area contributed by atoms with Gasteiger partial charge in [-0.05, 0) is 55.3 Å². The summed E-state index contributed by atoms with van der Waals surface area (Å²) < 4.78 is 13.3. The largest absolute Gasteiger partial charge is 0.496 e. The van der Waals surface area contributed by atoms with E-state index in [4.69, 9.17) is 15.2 Å². The zero-order valence-electron chi connectivity index (χ0n) is 17.1. The van der Waals surface area contributed by atoms with E-state index in [1.165, 1.54) is 0 Å². The van der Waals surface area contributed by atoms with Crippen LogP contribution in [0.25, 0.3) is 0 Å². The molecule has 0 spiro atoms. The van der Waals surface area contributed by atoms with Gasteiger partial charge in [0.2, 0.25) is 5.91 Å². The Morgan fingerprint density at radius 2 is 2.07 bits per heavy atom. The number of amides is 1. The predicted molar refractivity (Wildman–Crippen MR) is 112 cm³/mol. The molecule has 0 saturated carbocycles. The van der Waals surface area contributed by atoms with E-state index < -0.39 is 0 Å². The van der Waals surface area contributed by atoms with Crippen LogP contribution in [0.1, 0.15) is 43.1 Å². The molecule has 2 aliphatic heterocycles. The highest BCUT2D eigenvalue weighted by Crippen LogP contribution is 2.36. The van der Waals surface area contributed by atoms with Gasteiger partial charge < -0.3 is 15.2 Å². The molecule has 164 valence electrons. The van der Waals surface area contributed by atoms with Crippen molar-refractivity contribution in [1.29, 1.82) is 0 Å². The van der Waals surface area contributed by atoms with E-state index >= 15 is 0 Å². The van der Waals surface area contributed by atoms with Crippen LogP contribution in [-0.4, -0.2) is 63.9 Å². The number of likely N-dealkylation sites (tertiary alicyclic amines) is 1. The minimum atomic E-state index is -0.221. The number of primary amides is 1. The number of aromatic nitrogens is 4. The number of hydrogen-bond donors (Lipinski definition) is 1. The lowest BCUT2D eigenvalue weighted by Crippen LogP contribution is -2.41. The smallest absolute Gasteiger partial charge is 0.220 e. The maximum Gasteiger partial charge on any atom is 0.220 e. The lowest BCUT2D eigenvalue weighted by atomic mass is 9.93. The first-order valence-electron chi connectivity index (χ1n) is 10.2. The van der Waals surface area contributed by atoms with Crippen LogP contribution >= 0.6 is 12.4 Å². The van der Waals surface area contributed by atoms with Crippen molar-refractivity contribution in [3.05, 3.63) is 35.7 Å². The van der Waals surface area contributed by atoms with Gasteiger partial charge in [-0.3, -0.25) is 9.69 Å². The third kappa shape index (κ3) is 4.74. The van der Waals surface area contributed by atoms with Crippen molar-refractivity contribution in [3.63, 3.8) is 0 Å². The molecule has 2 fully saturated rings. The number of halogens is 1. The number of nitrogens with two attached hydrogens (primary N) is 1. The van der Waals surface area contributed by atoms with Gasteiger partial charge >= 0.3 is 0 Å². The second kappa shape index (κ2) is 10.2. The van der Waals surface area contributed by atoms with Gasteiger partial charge in [-0.15, -0.1) is 17.5 Å². The first-order valence-corrected chi connectivity index (χ1v) is 10.2. The van der Waals surface area contributed by atoms with E-state index in [2.05, 4.69) is 26.5 Å². The topological polar surface area (TPSA) is 108 Å². The van der Waals surface area contributed by atoms with Crippen molar-refractivity contribution in [3.8, 4) is 5.75 Å². The Bertz CT molecular complexity index is 833. The maximum atomic E-state index is 11.6. The quantitative estimate of drug-likeness (QED) is 0.701. The molecule has 1 amide bonds. The Morgan fingerprint density at radius 3 is 2.73 bits per heavy atom. The number of methoxy groups -OCH3 is 1. The van der Waals surface area contributed by atoms with Gasteiger partial charge in [0.05, 0.1) is 19.8 Å². The fourth-order valence-corrected chi connectivity index (χ4v) is 4.35. The molecule has 9 nitrogen and oxygen atoms in total. The van der Waals surface area contributed by atoms with E-state index in [9.17, 15) is 4.79 Å². The number of benzene rings is 1. The fraction of sp³-hybridized carbons (Fsp3) is 0.600. The van der Waals surface area contributed by atoms with Crippen LogP contribution in [0.15, 0.2) is 24.3 Å². The maximum absolute atomic E-state index is 11.6. The van der Waals surface area contributed by atoms with Crippen LogP contribution in [-0.2, 0) is 16.1 Å². The number of para-hydroxylation sites is 1. The average molecular weight is 437 g/mol. The summed E-state index contributed by atoms with van der Waals surface area (Å²) in [5.74, 6) is 1.26. The molecule has 2 N–H and O–H groups in total. The van der Waals surface area contributed by atoms with Crippen LogP contribution in [0, 0.1) is 5.92 Å². The molecule has 1 aromatic carbocycles. The minimum Gasteiger partial charge on any atom is -0.496 e. The number of tetrazole rings is 1. The molecule has 30 heavy (non-hydrogen) atoms. The molecule has 2 unspecified atom stereocenters. The Balaban J connectivity index is 0.00000256. The highest BCUT2D eigenvalue weighted by Gasteiger charge is 2.34. The third-order valence-corrected chi connectivity index (χ3v) is 5.94. The van der Waals surface area contributed by atoms with Gasteiger partial charge in [0.25, 0.3) is 0 Å². The second-order valence-electron chi connectivity index (χ2n) is 7.71. The standard InChI is InChI=1S/C20H28N6O3.ClH/c1-28-17-7-3-2-6-16(17)18(25-10-8-14(9-11-25)19(21)27)20-22-23-24-26(20)13-15-5-4-12-29-15;/h2-3,6-7,14-15,18H,4-5,8-13H2,1H3,(H2,21,27);1H. The van der Waals surface area contributed by atoms with E-state index in [0.717, 1.165) is 62.5 Å². The predicted octanol–water partition coefficient (Wildman–Crippen LogP) is 1.57. The molecule has 2 saturated heterocycles. The Hall–Kier alpha value is -2.23. The molecule has 4 rings (SSSR count). The molecule has 1 aromatic heterocycles. The molecule has 0 bridgehead atoms. The van der Waals surface area contributed by atoms with Crippen molar-refractivity contribution in [1.82, 2.24) is 25.1 Å². The lowest BCUT2D eigenvalue weighted by molar-refractivity contribution is -0.123. The van der Waals surface area contributed by atoms with Crippen LogP contribution in [0.3, 0.4) is 0 Å². The molecule has 10 heteroatoms. The van der Waals surface area contributed by atoms with Gasteiger partial charge in [-0.1, -0.05) is 18.2 Å². The Kier molecular flexibility index (Phi) is 7.63. The Morgan fingerprint density at radius 1 is 1.30 bits per heavy atom. The summed E-state index contributed by atoms with van der Waals surface area (Å²) in [7, 11) is 1.67. The SMILES string of the molecule is COc1ccccc1C(c1nnnn1CC1CCCO1)N1CCC(C(N)=O)CC1.Cl. The third-order valence-electron chi connectivity index (χ3n) is 5.94. The normalized spacial score (nSPS) is 21.2. The number of rotatable bonds is 7. The summed E-state index contributed by atoms with van der Waals surface area (Å²) >= 11 is 0. The second-order valence-corrected chi connectivity index (χ2v) is 7.71. The molecule has 0 aliphatic carbocycles. The molecule has 3 heterocycles. The van der Waals surface area contributed by atoms with Gasteiger partial charge in [0.1, 0.15) is 11.8 Å². The van der Waals surface area contributed by atoms with Crippen LogP contribution in [0.2, 0.25) is 0 Å². The highest BCUT2D eigenvalue weighted by atomic mass is 35.5. The number of ether oxygens (including phenoxy) is 2. The monoisotopic (exact) mass is 436 g/mol. The molecule has 2 aliphatic rings. The first-order chi connectivity index (χ1) is 14.2. The first kappa shape index (κ1) is 22.5. The minimum absolute atomic E-state index is 0. The number of carbonyl (C=O) groups excluding carboxylic acids is 1. The molecular formula is C20H29ClN6O3. The van der Waals surface area contributed by atoms with Gasteiger partial charge in [-0.25, -0.2) is 4.68 Å². The summed E-state index contributed by atoms with van der Waals surface area (Å²) in [5, 5.41) is 12.6. The summed E-state index contributed by atoms with van der Waals surface area (Å²) in [5.41, 5.74) is 6.54. The van der Waals surface area contributed by atoms with E-state index in [0.29, 0.717) is 6.54 Å². The zero-order valence-corrected chi connectivity index (χ0v) is 18.0. The summed E-state index contributed by atoms with van der Waals surface area (Å²) in [4.78, 5) is 13.9. The van der Waals surface area contributed by atoms with Crippen LogP contribution in [0.5, 0.6) is 5.75 Å². The number of carbonyl (C=O) groups is 1. The van der Waals surface area contributed by atoms with Gasteiger partial charge in [0, 0.05) is 18.1 Å². The van der Waals surface area contributed by atoms with Crippen LogP contribution in [0.4, 0.5) is 0 Å². The highest BCUT2D eigenvalue weighted by molar-refractivity contribution is 5.85. The summed E-state index contributed by atoms with van der Waals surface area (Å²) in [6.07, 6.45) is 3.68. The number of nitrogens with zero attached hydrogens (tertiary/aromatic N) is 5. The van der Waals surface area contributed by atoms with Crippen molar-refractivity contribution in [2.45, 2.75) is 44.4 Å². The van der Waals surface area contributed by atoms with Crippen molar-refractivity contribution < 1.29 is 14.3 Å². The van der Waals surface area contributed by atoms with E-state index in [1.54, 1.807) is 7.11 Å². The van der Waals surface area contributed by atoms with Crippen molar-refractivity contribution >= 4 is 18.3 Å². The molecular weight excluding hydrogens is 408 g/mol. The summed E-state index contributed by atoms with van der Waals surface area (Å²) in [6, 6.07) is 7.78. The lowest BCUT2D eigenvalue weighted by Gasteiger charge is -2.36. The molecule has 2 atom stereocenters. The van der Waals surface area contributed by atoms with Crippen LogP contribution < -0.4 is 10.5 Å². The average Bonchev–Trinajstić information content (AvgIpc) is 3.42. The van der Waals surface area contributed by atoms with Crippen molar-refractivity contribution in [2.24, 2.45) is 11.7 Å². The van der Waals surface area contributed by atoms with Gasteiger partial charge in [0.15, 0.2) is 5.82 Å². The number of hydrogen-bond acceptors (Lipinski definition) is 7. The fourth-order valence-electron chi connectivity index (χ4n) is 4.35. The van der Waals surface area contributed by atoms with E-state index in [1.807, 2.05) is 22.9 Å². The summed E-state index contributed by atoms with van der Waals surface area (Å²) in [6.45, 7) is 2.90. The van der Waals surface area contributed by atoms with Crippen molar-refractivity contribution in [2.75, 3.05) is 26.8 Å². The van der Waals surface area contributed by atoms with E-state index in [-0.39, 0.29) is 36.4 Å². The molecule has 2 aromatic rings.